The first-order valence-corrected chi connectivity index (χ1v) is 15.0. The zero-order chi connectivity index (χ0) is 31.8. The Labute approximate surface area is 247 Å². The molecule has 43 heavy (non-hydrogen) atoms. The van der Waals surface area contributed by atoms with Crippen LogP contribution in [0.3, 0.4) is 0 Å². The number of nitrogens with one attached hydrogen (secondary N) is 1. The summed E-state index contributed by atoms with van der Waals surface area (Å²) in [4.78, 5) is 69.9. The molecule has 5 N–H and O–H groups in total. The van der Waals surface area contributed by atoms with E-state index in [2.05, 4.69) is 4.72 Å². The Morgan fingerprint density at radius 1 is 1.05 bits per heavy atom. The number of aliphatic hydroxyl groups is 1. The normalized spacial score (nSPS) is 28.7. The topological polar surface area (TPSA) is 204 Å². The summed E-state index contributed by atoms with van der Waals surface area (Å²) < 4.78 is 28.5. The summed E-state index contributed by atoms with van der Waals surface area (Å²) in [5.41, 5.74) is 2.61. The number of primary amides is 1. The lowest BCUT2D eigenvalue weighted by atomic mass is 9.52. The number of phenols is 1. The fraction of sp³-hybridized carbons (Fsp3) is 0.414. The smallest absolute Gasteiger partial charge is 0.262 e. The fourth-order valence-corrected chi connectivity index (χ4v) is 8.01. The third kappa shape index (κ3) is 4.43. The second-order valence-corrected chi connectivity index (χ2v) is 13.4. The van der Waals surface area contributed by atoms with E-state index < -0.39 is 80.1 Å². The molecule has 0 bridgehead atoms. The molecular formula is C29H32N4O9S. The number of carbonyl (C=O) groups is 5. The van der Waals surface area contributed by atoms with E-state index in [0.717, 1.165) is 0 Å². The number of ketones is 4. The molecule has 3 aliphatic carbocycles. The first-order chi connectivity index (χ1) is 20.0. The number of phenolic OH excluding ortho intramolecular Hbond substituents is 1. The van der Waals surface area contributed by atoms with Gasteiger partial charge in [0, 0.05) is 25.7 Å². The van der Waals surface area contributed by atoms with E-state index in [9.17, 15) is 42.6 Å². The Balaban J connectivity index is 1.64. The van der Waals surface area contributed by atoms with Gasteiger partial charge in [-0.25, -0.2) is 8.42 Å². The fourth-order valence-electron chi connectivity index (χ4n) is 6.93. The van der Waals surface area contributed by atoms with Gasteiger partial charge in [-0.2, -0.15) is 0 Å². The number of amides is 1. The van der Waals surface area contributed by atoms with Crippen molar-refractivity contribution in [3.05, 3.63) is 47.5 Å². The minimum atomic E-state index is -4.19. The van der Waals surface area contributed by atoms with Gasteiger partial charge in [0.1, 0.15) is 0 Å². The molecule has 14 heteroatoms. The van der Waals surface area contributed by atoms with Crippen LogP contribution in [0.4, 0.5) is 11.4 Å². The van der Waals surface area contributed by atoms with Crippen molar-refractivity contribution < 1.29 is 42.6 Å². The molecule has 0 aliphatic heterocycles. The number of Topliss-reactive ketones (excluding diaryl/α,β-unsaturated/α-hetero) is 4. The lowest BCUT2D eigenvalue weighted by molar-refractivity contribution is -0.181. The van der Waals surface area contributed by atoms with Gasteiger partial charge in [-0.1, -0.05) is 18.2 Å². The summed E-state index contributed by atoms with van der Waals surface area (Å²) in [6.45, 7) is 0. The predicted octanol–water partition coefficient (Wildman–Crippen LogP) is -0.266. The molecule has 13 nitrogen and oxygen atoms in total. The van der Waals surface area contributed by atoms with Crippen molar-refractivity contribution in [2.45, 2.75) is 29.4 Å². The lowest BCUT2D eigenvalue weighted by Gasteiger charge is -2.52. The van der Waals surface area contributed by atoms with Gasteiger partial charge in [0.25, 0.3) is 10.0 Å². The lowest BCUT2D eigenvalue weighted by Crippen LogP contribution is -2.74. The minimum Gasteiger partial charge on any atom is -0.505 e. The van der Waals surface area contributed by atoms with Crippen LogP contribution in [0, 0.1) is 23.7 Å². The van der Waals surface area contributed by atoms with Crippen LogP contribution >= 0.6 is 0 Å². The average molecular weight is 613 g/mol. The van der Waals surface area contributed by atoms with Crippen LogP contribution in [0.1, 0.15) is 22.3 Å². The van der Waals surface area contributed by atoms with Crippen LogP contribution in [-0.4, -0.2) is 92.4 Å². The number of sulfonamides is 1. The van der Waals surface area contributed by atoms with Crippen molar-refractivity contribution in [1.82, 2.24) is 4.90 Å². The van der Waals surface area contributed by atoms with Gasteiger partial charge in [0.15, 0.2) is 40.4 Å². The monoisotopic (exact) mass is 612 g/mol. The van der Waals surface area contributed by atoms with Crippen LogP contribution in [0.5, 0.6) is 5.75 Å². The Bertz CT molecular complexity index is 1690. The number of hydrogen-bond donors (Lipinski definition) is 4. The Morgan fingerprint density at radius 3 is 2.23 bits per heavy atom. The maximum absolute atomic E-state index is 14.1. The summed E-state index contributed by atoms with van der Waals surface area (Å²) in [5.74, 6) is -12.0. The van der Waals surface area contributed by atoms with Crippen molar-refractivity contribution in [1.29, 1.82) is 0 Å². The van der Waals surface area contributed by atoms with Crippen LogP contribution < -0.4 is 15.4 Å². The van der Waals surface area contributed by atoms with E-state index in [4.69, 9.17) is 5.73 Å². The van der Waals surface area contributed by atoms with Crippen molar-refractivity contribution in [2.75, 3.05) is 37.8 Å². The number of nitrogens with zero attached hydrogens (tertiary/aromatic N) is 2. The molecule has 0 radical (unpaired) electrons. The van der Waals surface area contributed by atoms with Gasteiger partial charge < -0.3 is 20.8 Å². The van der Waals surface area contributed by atoms with Gasteiger partial charge in [-0.15, -0.1) is 0 Å². The Hall–Kier alpha value is -4.14. The first kappa shape index (κ1) is 30.3. The van der Waals surface area contributed by atoms with Gasteiger partial charge in [0.2, 0.25) is 5.91 Å². The number of likely N-dealkylation sites (N-methyl/N-ethyl adjacent to an activating group) is 1. The number of fused-ring (bicyclic) bond motifs is 3. The van der Waals surface area contributed by atoms with E-state index in [-0.39, 0.29) is 29.0 Å². The average Bonchev–Trinajstić information content (AvgIpc) is 2.92. The van der Waals surface area contributed by atoms with Gasteiger partial charge in [-0.05, 0) is 56.6 Å². The molecule has 2 aromatic rings. The molecule has 0 saturated heterocycles. The molecule has 0 heterocycles. The molecule has 2 unspecified atom stereocenters. The molecular weight excluding hydrogens is 580 g/mol. The highest BCUT2D eigenvalue weighted by Crippen LogP contribution is 2.52. The summed E-state index contributed by atoms with van der Waals surface area (Å²) in [6.07, 6.45) is -0.0570. The predicted molar refractivity (Wildman–Crippen MR) is 153 cm³/mol. The number of rotatable bonds is 6. The Kier molecular flexibility index (Phi) is 7.22. The van der Waals surface area contributed by atoms with Crippen LogP contribution in [-0.2, 0) is 35.6 Å². The highest BCUT2D eigenvalue weighted by Gasteiger charge is 2.69. The van der Waals surface area contributed by atoms with Crippen LogP contribution in [0.2, 0.25) is 0 Å². The highest BCUT2D eigenvalue weighted by molar-refractivity contribution is 7.92. The van der Waals surface area contributed by atoms with Crippen LogP contribution in [0.15, 0.2) is 41.3 Å². The van der Waals surface area contributed by atoms with Crippen molar-refractivity contribution in [3.8, 4) is 5.75 Å². The zero-order valence-corrected chi connectivity index (χ0v) is 24.7. The molecule has 6 atom stereocenters. The third-order valence-corrected chi connectivity index (χ3v) is 10.2. The van der Waals surface area contributed by atoms with Gasteiger partial charge >= 0.3 is 0 Å². The number of benzene rings is 2. The number of nitrogens with two attached hydrogens (primary N) is 1. The minimum absolute atomic E-state index is 0.0403. The maximum atomic E-state index is 14.1. The zero-order valence-electron chi connectivity index (χ0n) is 23.9. The molecule has 2 fully saturated rings. The second kappa shape index (κ2) is 10.2. The van der Waals surface area contributed by atoms with Crippen LogP contribution in [0.25, 0.3) is 0 Å². The summed E-state index contributed by atoms with van der Waals surface area (Å²) in [5, 5.41) is 23.0. The number of aromatic hydroxyl groups is 1. The maximum Gasteiger partial charge on any atom is 0.262 e. The van der Waals surface area contributed by atoms with Gasteiger partial charge in [-0.3, -0.25) is 33.6 Å². The van der Waals surface area contributed by atoms with Crippen molar-refractivity contribution in [3.63, 3.8) is 0 Å². The second-order valence-electron chi connectivity index (χ2n) is 11.7. The van der Waals surface area contributed by atoms with E-state index >= 15 is 0 Å². The first-order valence-electron chi connectivity index (χ1n) is 13.5. The van der Waals surface area contributed by atoms with Crippen molar-refractivity contribution >= 4 is 50.4 Å². The largest absolute Gasteiger partial charge is 0.505 e. The summed E-state index contributed by atoms with van der Waals surface area (Å²) in [7, 11) is 2.14. The molecule has 5 rings (SSSR count). The van der Waals surface area contributed by atoms with E-state index in [1.807, 2.05) is 0 Å². The van der Waals surface area contributed by atoms with E-state index in [0.29, 0.717) is 11.3 Å². The van der Waals surface area contributed by atoms with E-state index in [1.54, 1.807) is 25.1 Å². The standard InChI is InChI=1S/C29H32N4O9S/c1-32(2)18-12-17(31-43(41,42)14-8-6-5-7-9-14)23(34)20-15(18)10-13-11-16-22(33(3)4)25(36)21(28(30)39)27(38)29(16,40)26(37)19(13)24(20)35/h5-9,12-13,16,19,21-22,31,34,40H,10-11H2,1-4H3,(H2,30,39)/t13-,16-,19?,21?,22-,29-/m1/s1. The SMILES string of the molecule is CN(C)c1cc(NS(=O)(=O)c2ccccc2)c(O)c2c1C[C@@H]1C[C@@H]3[C@@H](N(C)C)C(=O)C(C(N)=O)C(=O)[C@]3(O)C(=O)C1C2=O. The highest BCUT2D eigenvalue weighted by atomic mass is 32.2. The summed E-state index contributed by atoms with van der Waals surface area (Å²) >= 11 is 0. The molecule has 228 valence electrons. The van der Waals surface area contributed by atoms with Crippen molar-refractivity contribution in [2.24, 2.45) is 29.4 Å². The molecule has 2 aromatic carbocycles. The molecule has 2 saturated carbocycles. The quantitative estimate of drug-likeness (QED) is 0.247. The number of carbonyl (C=O) groups excluding carboxylic acids is 5. The van der Waals surface area contributed by atoms with Gasteiger partial charge in [0.05, 0.1) is 28.1 Å². The molecule has 0 aromatic heterocycles. The molecule has 1 amide bonds. The molecule has 3 aliphatic rings. The van der Waals surface area contributed by atoms with E-state index in [1.165, 1.54) is 49.3 Å². The Morgan fingerprint density at radius 2 is 1.67 bits per heavy atom. The number of anilines is 2. The summed E-state index contributed by atoms with van der Waals surface area (Å²) in [6, 6.07) is 7.55. The molecule has 0 spiro atoms. The number of hydrogen-bond acceptors (Lipinski definition) is 11. The third-order valence-electron chi connectivity index (χ3n) is 8.82.